The van der Waals surface area contributed by atoms with Gasteiger partial charge in [0.2, 0.25) is 5.91 Å². The Morgan fingerprint density at radius 3 is 2.52 bits per heavy atom. The van der Waals surface area contributed by atoms with Gasteiger partial charge in [-0.3, -0.25) is 9.69 Å². The van der Waals surface area contributed by atoms with E-state index in [1.165, 1.54) is 18.2 Å². The van der Waals surface area contributed by atoms with E-state index in [-0.39, 0.29) is 12.2 Å². The summed E-state index contributed by atoms with van der Waals surface area (Å²) < 4.78 is 44.1. The number of anilines is 1. The third-order valence-electron chi connectivity index (χ3n) is 3.88. The van der Waals surface area contributed by atoms with Crippen molar-refractivity contribution in [3.05, 3.63) is 46.8 Å². The number of hydrogen-bond donors (Lipinski definition) is 1. The molecule has 0 aliphatic heterocycles. The molecule has 1 heterocycles. The minimum absolute atomic E-state index is 0.0350. The van der Waals surface area contributed by atoms with Crippen molar-refractivity contribution >= 4 is 11.6 Å². The molecule has 0 aliphatic rings. The van der Waals surface area contributed by atoms with E-state index in [1.807, 2.05) is 6.92 Å². The van der Waals surface area contributed by atoms with E-state index >= 15 is 0 Å². The second-order valence-corrected chi connectivity index (χ2v) is 5.70. The first-order valence-corrected chi connectivity index (χ1v) is 7.82. The minimum atomic E-state index is -4.52. The first-order valence-electron chi connectivity index (χ1n) is 7.82. The van der Waals surface area contributed by atoms with Gasteiger partial charge in [0.25, 0.3) is 0 Å². The van der Waals surface area contributed by atoms with Crippen LogP contribution >= 0.6 is 0 Å². The van der Waals surface area contributed by atoms with Gasteiger partial charge in [-0.05, 0) is 32.5 Å². The molecular formula is C17H20F3N3O2. The number of aromatic nitrogens is 1. The predicted molar refractivity (Wildman–Crippen MR) is 87.0 cm³/mol. The van der Waals surface area contributed by atoms with Gasteiger partial charge in [-0.1, -0.05) is 24.2 Å². The van der Waals surface area contributed by atoms with Crippen LogP contribution in [0.4, 0.5) is 18.9 Å². The summed E-state index contributed by atoms with van der Waals surface area (Å²) in [5.74, 6) is 0.157. The van der Waals surface area contributed by atoms with Crippen LogP contribution in [0.1, 0.15) is 29.5 Å². The van der Waals surface area contributed by atoms with Gasteiger partial charge >= 0.3 is 6.18 Å². The summed E-state index contributed by atoms with van der Waals surface area (Å²) >= 11 is 0. The van der Waals surface area contributed by atoms with E-state index in [2.05, 4.69) is 10.5 Å². The van der Waals surface area contributed by atoms with E-state index in [0.29, 0.717) is 18.8 Å². The topological polar surface area (TPSA) is 58.4 Å². The zero-order valence-electron chi connectivity index (χ0n) is 14.3. The zero-order chi connectivity index (χ0) is 18.6. The summed E-state index contributed by atoms with van der Waals surface area (Å²) in [7, 11) is 0. The lowest BCUT2D eigenvalue weighted by atomic mass is 10.1. The van der Waals surface area contributed by atoms with Crippen molar-refractivity contribution in [2.45, 2.75) is 33.5 Å². The summed E-state index contributed by atoms with van der Waals surface area (Å²) in [5, 5.41) is 6.21. The number of halogens is 3. The fourth-order valence-corrected chi connectivity index (χ4v) is 2.46. The summed E-state index contributed by atoms with van der Waals surface area (Å²) in [4.78, 5) is 14.0. The van der Waals surface area contributed by atoms with E-state index < -0.39 is 17.6 Å². The molecule has 1 N–H and O–H groups in total. The average Bonchev–Trinajstić information content (AvgIpc) is 2.85. The standard InChI is InChI=1S/C17H20F3N3O2/c1-4-23(9-13-11(2)22-25-12(13)3)10-16(24)21-15-8-6-5-7-14(15)17(18,19)20/h5-8H,4,9-10H2,1-3H3,(H,21,24). The highest BCUT2D eigenvalue weighted by Gasteiger charge is 2.33. The van der Waals surface area contributed by atoms with Gasteiger partial charge in [0, 0.05) is 12.1 Å². The maximum Gasteiger partial charge on any atom is 0.418 e. The number of nitrogens with one attached hydrogen (secondary N) is 1. The Balaban J connectivity index is 2.06. The van der Waals surface area contributed by atoms with Crippen LogP contribution in [-0.4, -0.2) is 29.1 Å². The Labute approximate surface area is 143 Å². The number of likely N-dealkylation sites (N-methyl/N-ethyl adjacent to an activating group) is 1. The lowest BCUT2D eigenvalue weighted by Crippen LogP contribution is -2.33. The molecule has 136 valence electrons. The molecule has 0 spiro atoms. The Morgan fingerprint density at radius 1 is 1.28 bits per heavy atom. The van der Waals surface area contributed by atoms with Gasteiger partial charge in [0.1, 0.15) is 5.76 Å². The molecule has 0 bridgehead atoms. The first-order chi connectivity index (χ1) is 11.7. The molecule has 8 heteroatoms. The van der Waals surface area contributed by atoms with Crippen molar-refractivity contribution in [2.24, 2.45) is 0 Å². The third kappa shape index (κ3) is 4.82. The zero-order valence-corrected chi connectivity index (χ0v) is 14.3. The summed E-state index contributed by atoms with van der Waals surface area (Å²) in [6, 6.07) is 4.92. The first kappa shape index (κ1) is 19.0. The number of carbonyl (C=O) groups is 1. The van der Waals surface area contributed by atoms with Crippen LogP contribution in [-0.2, 0) is 17.5 Å². The van der Waals surface area contributed by atoms with Crippen molar-refractivity contribution in [2.75, 3.05) is 18.4 Å². The molecule has 0 saturated carbocycles. The summed E-state index contributed by atoms with van der Waals surface area (Å²) in [6.07, 6.45) is -4.52. The van der Waals surface area contributed by atoms with Crippen LogP contribution in [0.3, 0.4) is 0 Å². The summed E-state index contributed by atoms with van der Waals surface area (Å²) in [5.41, 5.74) is 0.509. The van der Waals surface area contributed by atoms with Gasteiger partial charge in [-0.25, -0.2) is 0 Å². The van der Waals surface area contributed by atoms with Crippen LogP contribution < -0.4 is 5.32 Å². The van der Waals surface area contributed by atoms with E-state index in [1.54, 1.807) is 18.7 Å². The van der Waals surface area contributed by atoms with Crippen LogP contribution in [0, 0.1) is 13.8 Å². The van der Waals surface area contributed by atoms with Crippen LogP contribution in [0.5, 0.6) is 0 Å². The Bertz CT molecular complexity index is 721. The lowest BCUT2D eigenvalue weighted by Gasteiger charge is -2.20. The number of benzene rings is 1. The molecule has 0 saturated heterocycles. The molecule has 1 amide bonds. The smallest absolute Gasteiger partial charge is 0.361 e. The number of para-hydroxylation sites is 1. The van der Waals surface area contributed by atoms with Crippen molar-refractivity contribution < 1.29 is 22.5 Å². The van der Waals surface area contributed by atoms with Crippen LogP contribution in [0.2, 0.25) is 0 Å². The predicted octanol–water partition coefficient (Wildman–Crippen LogP) is 3.77. The number of alkyl halides is 3. The van der Waals surface area contributed by atoms with E-state index in [9.17, 15) is 18.0 Å². The van der Waals surface area contributed by atoms with Crippen molar-refractivity contribution in [1.82, 2.24) is 10.1 Å². The summed E-state index contributed by atoms with van der Waals surface area (Å²) in [6.45, 7) is 6.41. The van der Waals surface area contributed by atoms with Crippen LogP contribution in [0.15, 0.2) is 28.8 Å². The monoisotopic (exact) mass is 355 g/mol. The van der Waals surface area contributed by atoms with Crippen molar-refractivity contribution in [1.29, 1.82) is 0 Å². The van der Waals surface area contributed by atoms with Crippen molar-refractivity contribution in [3.63, 3.8) is 0 Å². The Kier molecular flexibility index (Phi) is 5.84. The maximum absolute atomic E-state index is 13.0. The number of hydrogen-bond acceptors (Lipinski definition) is 4. The SMILES string of the molecule is CCN(CC(=O)Nc1ccccc1C(F)(F)F)Cc1c(C)noc1C. The van der Waals surface area contributed by atoms with Gasteiger partial charge in [-0.2, -0.15) is 13.2 Å². The second-order valence-electron chi connectivity index (χ2n) is 5.70. The molecule has 25 heavy (non-hydrogen) atoms. The normalized spacial score (nSPS) is 11.8. The number of rotatable bonds is 6. The maximum atomic E-state index is 13.0. The van der Waals surface area contributed by atoms with E-state index in [0.717, 1.165) is 17.3 Å². The molecular weight excluding hydrogens is 335 g/mol. The number of amides is 1. The molecule has 0 fully saturated rings. The Morgan fingerprint density at radius 2 is 1.96 bits per heavy atom. The molecule has 1 aromatic carbocycles. The molecule has 0 aliphatic carbocycles. The molecule has 0 radical (unpaired) electrons. The fraction of sp³-hybridized carbons (Fsp3) is 0.412. The average molecular weight is 355 g/mol. The second kappa shape index (κ2) is 7.69. The number of aryl methyl sites for hydroxylation is 2. The minimum Gasteiger partial charge on any atom is -0.361 e. The molecule has 1 aromatic heterocycles. The molecule has 0 atom stereocenters. The third-order valence-corrected chi connectivity index (χ3v) is 3.88. The quantitative estimate of drug-likeness (QED) is 0.857. The molecule has 5 nitrogen and oxygen atoms in total. The molecule has 2 rings (SSSR count). The molecule has 0 unspecified atom stereocenters. The molecule has 2 aromatic rings. The van der Waals surface area contributed by atoms with Gasteiger partial charge < -0.3 is 9.84 Å². The van der Waals surface area contributed by atoms with Crippen molar-refractivity contribution in [3.8, 4) is 0 Å². The highest BCUT2D eigenvalue weighted by molar-refractivity contribution is 5.93. The van der Waals surface area contributed by atoms with Crippen LogP contribution in [0.25, 0.3) is 0 Å². The lowest BCUT2D eigenvalue weighted by molar-refractivity contribution is -0.137. The highest BCUT2D eigenvalue weighted by atomic mass is 19.4. The van der Waals surface area contributed by atoms with Gasteiger partial charge in [0.15, 0.2) is 0 Å². The largest absolute Gasteiger partial charge is 0.418 e. The number of nitrogens with zero attached hydrogens (tertiary/aromatic N) is 2. The Hall–Kier alpha value is -2.35. The van der Waals surface area contributed by atoms with Gasteiger partial charge in [0.05, 0.1) is 23.5 Å². The van der Waals surface area contributed by atoms with Gasteiger partial charge in [-0.15, -0.1) is 0 Å². The highest BCUT2D eigenvalue weighted by Crippen LogP contribution is 2.34. The van der Waals surface area contributed by atoms with E-state index in [4.69, 9.17) is 4.52 Å². The fourth-order valence-electron chi connectivity index (χ4n) is 2.46. The number of carbonyl (C=O) groups excluding carboxylic acids is 1.